The lowest BCUT2D eigenvalue weighted by molar-refractivity contribution is -0.139. The van der Waals surface area contributed by atoms with Gasteiger partial charge in [0.2, 0.25) is 5.91 Å². The molecule has 0 aliphatic rings. The van der Waals surface area contributed by atoms with Gasteiger partial charge in [-0.05, 0) is 35.9 Å². The number of carbonyl (C=O) groups is 4. The van der Waals surface area contributed by atoms with Crippen LogP contribution in [0.3, 0.4) is 0 Å². The first-order valence-corrected chi connectivity index (χ1v) is 9.19. The largest absolute Gasteiger partial charge is 0.508 e. The number of halogens is 1. The Hall–Kier alpha value is -3.59. The van der Waals surface area contributed by atoms with Gasteiger partial charge in [-0.15, -0.1) is 0 Å². The first kappa shape index (κ1) is 22.7. The number of carbonyl (C=O) groups excluding carboxylic acids is 3. The van der Waals surface area contributed by atoms with Crippen molar-refractivity contribution in [1.29, 1.82) is 0 Å². The molecule has 5 N–H and O–H groups in total. The lowest BCUT2D eigenvalue weighted by atomic mass is 10.1. The third-order valence-corrected chi connectivity index (χ3v) is 4.31. The topological polar surface area (TPSA) is 145 Å². The highest BCUT2D eigenvalue weighted by Crippen LogP contribution is 2.18. The van der Waals surface area contributed by atoms with Gasteiger partial charge in [0.1, 0.15) is 11.8 Å². The van der Waals surface area contributed by atoms with Crippen molar-refractivity contribution in [1.82, 2.24) is 16.0 Å². The van der Waals surface area contributed by atoms with E-state index in [-0.39, 0.29) is 35.0 Å². The number of nitrogens with one attached hydrogen (secondary N) is 3. The Bertz CT molecular complexity index is 979. The molecule has 0 spiro atoms. The van der Waals surface area contributed by atoms with Crippen LogP contribution in [0, 0.1) is 0 Å². The van der Waals surface area contributed by atoms with Crippen LogP contribution in [0.4, 0.5) is 0 Å². The molecule has 0 fully saturated rings. The van der Waals surface area contributed by atoms with Crippen LogP contribution in [-0.4, -0.2) is 46.5 Å². The molecule has 0 bridgehead atoms. The lowest BCUT2D eigenvalue weighted by Gasteiger charge is -2.15. The molecule has 2 aromatic rings. The minimum Gasteiger partial charge on any atom is -0.508 e. The van der Waals surface area contributed by atoms with E-state index >= 15 is 0 Å². The zero-order valence-electron chi connectivity index (χ0n) is 15.9. The summed E-state index contributed by atoms with van der Waals surface area (Å²) < 4.78 is 0. The first-order valence-electron chi connectivity index (χ1n) is 8.81. The molecule has 10 heteroatoms. The Morgan fingerprint density at radius 2 is 1.77 bits per heavy atom. The van der Waals surface area contributed by atoms with Gasteiger partial charge in [-0.25, -0.2) is 4.79 Å². The molecule has 2 rings (SSSR count). The quantitative estimate of drug-likeness (QED) is 0.424. The molecule has 0 unspecified atom stereocenters. The summed E-state index contributed by atoms with van der Waals surface area (Å²) in [6.45, 7) is 1.11. The van der Waals surface area contributed by atoms with Gasteiger partial charge in [0.25, 0.3) is 11.8 Å². The summed E-state index contributed by atoms with van der Waals surface area (Å²) in [6.07, 6.45) is 0. The van der Waals surface area contributed by atoms with E-state index < -0.39 is 29.7 Å². The minimum atomic E-state index is -1.34. The van der Waals surface area contributed by atoms with Gasteiger partial charge < -0.3 is 26.2 Å². The second-order valence-corrected chi connectivity index (χ2v) is 6.76. The number of carboxylic acids is 1. The van der Waals surface area contributed by atoms with Gasteiger partial charge in [0, 0.05) is 25.6 Å². The fourth-order valence-electron chi connectivity index (χ4n) is 2.47. The molecule has 0 aliphatic heterocycles. The van der Waals surface area contributed by atoms with Gasteiger partial charge in [-0.2, -0.15) is 0 Å². The number of hydrogen-bond acceptors (Lipinski definition) is 5. The summed E-state index contributed by atoms with van der Waals surface area (Å²) in [5, 5.41) is 25.8. The number of hydrogen-bond donors (Lipinski definition) is 5. The molecule has 3 amide bonds. The molecule has 0 aromatic heterocycles. The highest BCUT2D eigenvalue weighted by Gasteiger charge is 2.22. The van der Waals surface area contributed by atoms with Crippen LogP contribution in [0.1, 0.15) is 33.2 Å². The summed E-state index contributed by atoms with van der Waals surface area (Å²) in [5.74, 6) is -2.88. The van der Waals surface area contributed by atoms with E-state index in [1.807, 2.05) is 0 Å². The SMILES string of the molecule is CC(=O)NC[C@H](NC(=O)c1ccc(C(=O)NCc2cccc(O)c2)cc1Cl)C(=O)O. The molecule has 1 atom stereocenters. The van der Waals surface area contributed by atoms with Crippen molar-refractivity contribution in [3.63, 3.8) is 0 Å². The Kier molecular flexibility index (Phi) is 7.76. The van der Waals surface area contributed by atoms with E-state index in [1.54, 1.807) is 12.1 Å². The molecule has 30 heavy (non-hydrogen) atoms. The number of amides is 3. The number of aliphatic carboxylic acids is 1. The summed E-state index contributed by atoms with van der Waals surface area (Å²) in [6, 6.07) is 9.04. The van der Waals surface area contributed by atoms with Gasteiger partial charge in [-0.3, -0.25) is 14.4 Å². The fourth-order valence-corrected chi connectivity index (χ4v) is 2.74. The Balaban J connectivity index is 2.04. The third kappa shape index (κ3) is 6.49. The second kappa shape index (κ2) is 10.3. The summed E-state index contributed by atoms with van der Waals surface area (Å²) >= 11 is 6.11. The Labute approximate surface area is 177 Å². The monoisotopic (exact) mass is 433 g/mol. The van der Waals surface area contributed by atoms with Crippen LogP contribution in [0.15, 0.2) is 42.5 Å². The van der Waals surface area contributed by atoms with Crippen molar-refractivity contribution in [2.75, 3.05) is 6.54 Å². The van der Waals surface area contributed by atoms with Crippen LogP contribution in [-0.2, 0) is 16.1 Å². The molecule has 2 aromatic carbocycles. The highest BCUT2D eigenvalue weighted by atomic mass is 35.5. The van der Waals surface area contributed by atoms with Gasteiger partial charge in [0.15, 0.2) is 0 Å². The van der Waals surface area contributed by atoms with Crippen molar-refractivity contribution in [2.24, 2.45) is 0 Å². The fraction of sp³-hybridized carbons (Fsp3) is 0.200. The maximum atomic E-state index is 12.4. The predicted molar refractivity (Wildman–Crippen MR) is 108 cm³/mol. The molecular weight excluding hydrogens is 414 g/mol. The normalized spacial score (nSPS) is 11.3. The number of benzene rings is 2. The van der Waals surface area contributed by atoms with E-state index in [1.165, 1.54) is 37.3 Å². The predicted octanol–water partition coefficient (Wildman–Crippen LogP) is 1.29. The zero-order valence-corrected chi connectivity index (χ0v) is 16.7. The smallest absolute Gasteiger partial charge is 0.328 e. The molecule has 158 valence electrons. The van der Waals surface area contributed by atoms with Crippen LogP contribution in [0.2, 0.25) is 5.02 Å². The Morgan fingerprint density at radius 3 is 2.37 bits per heavy atom. The number of phenols is 1. The molecule has 9 nitrogen and oxygen atoms in total. The second-order valence-electron chi connectivity index (χ2n) is 6.35. The van der Waals surface area contributed by atoms with Crippen LogP contribution in [0.25, 0.3) is 0 Å². The molecule has 0 heterocycles. The third-order valence-electron chi connectivity index (χ3n) is 4.00. The van der Waals surface area contributed by atoms with Gasteiger partial charge in [-0.1, -0.05) is 23.7 Å². The lowest BCUT2D eigenvalue weighted by Crippen LogP contribution is -2.48. The molecule has 0 saturated carbocycles. The summed E-state index contributed by atoms with van der Waals surface area (Å²) in [4.78, 5) is 46.9. The number of carboxylic acid groups (broad SMARTS) is 1. The first-order chi connectivity index (χ1) is 14.2. The van der Waals surface area contributed by atoms with E-state index in [9.17, 15) is 29.4 Å². The average Bonchev–Trinajstić information content (AvgIpc) is 2.68. The van der Waals surface area contributed by atoms with Crippen molar-refractivity contribution >= 4 is 35.3 Å². The minimum absolute atomic E-state index is 0.0183. The number of phenolic OH excluding ortho intramolecular Hbond substituents is 1. The average molecular weight is 434 g/mol. The standard InChI is InChI=1S/C20H20ClN3O6/c1-11(25)22-10-17(20(29)30)24-19(28)15-6-5-13(8-16(15)21)18(27)23-9-12-3-2-4-14(26)7-12/h2-8,17,26H,9-10H2,1H3,(H,22,25)(H,23,27)(H,24,28)(H,29,30)/t17-/m0/s1. The van der Waals surface area contributed by atoms with Crippen molar-refractivity contribution in [3.05, 3.63) is 64.2 Å². The zero-order chi connectivity index (χ0) is 22.3. The number of rotatable bonds is 8. The Morgan fingerprint density at radius 1 is 1.03 bits per heavy atom. The van der Waals surface area contributed by atoms with Crippen LogP contribution >= 0.6 is 11.6 Å². The maximum Gasteiger partial charge on any atom is 0.328 e. The number of aromatic hydroxyl groups is 1. The van der Waals surface area contributed by atoms with E-state index in [2.05, 4.69) is 16.0 Å². The molecule has 0 saturated heterocycles. The van der Waals surface area contributed by atoms with Crippen molar-refractivity contribution in [2.45, 2.75) is 19.5 Å². The molecule has 0 aliphatic carbocycles. The van der Waals surface area contributed by atoms with Crippen LogP contribution in [0.5, 0.6) is 5.75 Å². The van der Waals surface area contributed by atoms with Gasteiger partial charge >= 0.3 is 5.97 Å². The summed E-state index contributed by atoms with van der Waals surface area (Å²) in [7, 11) is 0. The van der Waals surface area contributed by atoms with E-state index in [0.29, 0.717) is 5.56 Å². The van der Waals surface area contributed by atoms with E-state index in [4.69, 9.17) is 11.6 Å². The van der Waals surface area contributed by atoms with E-state index in [0.717, 1.165) is 0 Å². The molecular formula is C20H20ClN3O6. The summed E-state index contributed by atoms with van der Waals surface area (Å²) in [5.41, 5.74) is 0.879. The van der Waals surface area contributed by atoms with Crippen molar-refractivity contribution in [3.8, 4) is 5.75 Å². The maximum absolute atomic E-state index is 12.4. The molecule has 0 radical (unpaired) electrons. The van der Waals surface area contributed by atoms with Crippen molar-refractivity contribution < 1.29 is 29.4 Å². The van der Waals surface area contributed by atoms with Crippen LogP contribution < -0.4 is 16.0 Å². The van der Waals surface area contributed by atoms with Gasteiger partial charge in [0.05, 0.1) is 10.6 Å². The highest BCUT2D eigenvalue weighted by molar-refractivity contribution is 6.34.